The smallest absolute Gasteiger partial charge is 0.142 e. The summed E-state index contributed by atoms with van der Waals surface area (Å²) in [6.45, 7) is 6.18. The Kier molecular flexibility index (Phi) is 2.33. The van der Waals surface area contributed by atoms with Crippen molar-refractivity contribution < 1.29 is 0 Å². The minimum absolute atomic E-state index is 0.456. The van der Waals surface area contributed by atoms with Gasteiger partial charge in [-0.05, 0) is 30.1 Å². The fourth-order valence-electron chi connectivity index (χ4n) is 0.882. The monoisotopic (exact) mass is 145 g/mol. The van der Waals surface area contributed by atoms with Crippen LogP contribution in [0.4, 0.5) is 0 Å². The average Bonchev–Trinajstić information content (AvgIpc) is 1.94. The number of hydrogen-bond acceptors (Lipinski definition) is 1. The van der Waals surface area contributed by atoms with Crippen LogP contribution in [0, 0.1) is 6.92 Å². The zero-order valence-electron chi connectivity index (χ0n) is 7.26. The molecule has 0 fully saturated rings. The molecule has 1 aromatic rings. The van der Waals surface area contributed by atoms with Crippen LogP contribution in [0.15, 0.2) is 12.1 Å². The second-order valence-corrected chi connectivity index (χ2v) is 3.09. The van der Waals surface area contributed by atoms with Gasteiger partial charge in [0.25, 0.3) is 0 Å². The van der Waals surface area contributed by atoms with Crippen molar-refractivity contribution >= 4 is 13.4 Å². The summed E-state index contributed by atoms with van der Waals surface area (Å²) in [5.74, 6) is 0.456. The van der Waals surface area contributed by atoms with E-state index >= 15 is 0 Å². The van der Waals surface area contributed by atoms with Gasteiger partial charge in [-0.1, -0.05) is 19.9 Å². The molecule has 1 rings (SSSR count). The van der Waals surface area contributed by atoms with E-state index in [1.807, 2.05) is 19.1 Å². The predicted octanol–water partition coefficient (Wildman–Crippen LogP) is 1.31. The second-order valence-electron chi connectivity index (χ2n) is 3.09. The molecular formula is C9H12BN. The lowest BCUT2D eigenvalue weighted by molar-refractivity contribution is 0.826. The van der Waals surface area contributed by atoms with Crippen molar-refractivity contribution in [3.05, 3.63) is 23.4 Å². The number of hydrogen-bond donors (Lipinski definition) is 0. The first-order chi connectivity index (χ1) is 5.11. The molecule has 0 unspecified atom stereocenters. The van der Waals surface area contributed by atoms with E-state index in [4.69, 9.17) is 7.85 Å². The topological polar surface area (TPSA) is 12.9 Å². The minimum atomic E-state index is 0.456. The van der Waals surface area contributed by atoms with E-state index in [0.29, 0.717) is 11.5 Å². The highest BCUT2D eigenvalue weighted by Gasteiger charge is 2.00. The van der Waals surface area contributed by atoms with Gasteiger partial charge in [0.05, 0.1) is 0 Å². The van der Waals surface area contributed by atoms with Crippen LogP contribution < -0.4 is 5.59 Å². The molecule has 0 bridgehead atoms. The van der Waals surface area contributed by atoms with Crippen molar-refractivity contribution in [2.45, 2.75) is 26.7 Å². The predicted molar refractivity (Wildman–Crippen MR) is 48.5 cm³/mol. The molecule has 0 aliphatic heterocycles. The number of nitrogens with zero attached hydrogens (tertiary/aromatic N) is 1. The first-order valence-corrected chi connectivity index (χ1v) is 3.84. The van der Waals surface area contributed by atoms with E-state index in [2.05, 4.69) is 18.8 Å². The van der Waals surface area contributed by atoms with Crippen molar-refractivity contribution in [3.63, 3.8) is 0 Å². The van der Waals surface area contributed by atoms with Gasteiger partial charge in [0.1, 0.15) is 7.85 Å². The van der Waals surface area contributed by atoms with Crippen LogP contribution in [0.2, 0.25) is 0 Å². The van der Waals surface area contributed by atoms with E-state index in [-0.39, 0.29) is 0 Å². The Morgan fingerprint density at radius 2 is 2.00 bits per heavy atom. The molecule has 1 nitrogen and oxygen atoms in total. The molecule has 0 aliphatic rings. The Labute approximate surface area is 69.3 Å². The average molecular weight is 145 g/mol. The highest BCUT2D eigenvalue weighted by Crippen LogP contribution is 2.09. The van der Waals surface area contributed by atoms with Gasteiger partial charge in [-0.2, -0.15) is 0 Å². The minimum Gasteiger partial charge on any atom is -0.269 e. The van der Waals surface area contributed by atoms with Crippen LogP contribution in [-0.2, 0) is 0 Å². The lowest BCUT2D eigenvalue weighted by atomic mass is 9.96. The summed E-state index contributed by atoms with van der Waals surface area (Å²) in [5, 5.41) is 0. The first-order valence-electron chi connectivity index (χ1n) is 3.84. The lowest BCUT2D eigenvalue weighted by Gasteiger charge is -2.06. The summed E-state index contributed by atoms with van der Waals surface area (Å²) >= 11 is 0. The molecule has 1 aromatic heterocycles. The van der Waals surface area contributed by atoms with Crippen LogP contribution >= 0.6 is 0 Å². The van der Waals surface area contributed by atoms with E-state index < -0.39 is 0 Å². The molecule has 0 amide bonds. The summed E-state index contributed by atoms with van der Waals surface area (Å²) in [6.07, 6.45) is 0. The summed E-state index contributed by atoms with van der Waals surface area (Å²) in [4.78, 5) is 4.25. The van der Waals surface area contributed by atoms with Crippen LogP contribution in [0.5, 0.6) is 0 Å². The Bertz CT molecular complexity index is 256. The molecule has 0 saturated carbocycles. The standard InChI is InChI=1S/C9H12BN/c1-6(2)8-5-4-7(3)9(10)11-8/h4-6H,1-3H3. The van der Waals surface area contributed by atoms with Crippen LogP contribution in [0.3, 0.4) is 0 Å². The normalized spacial score (nSPS) is 10.5. The lowest BCUT2D eigenvalue weighted by Crippen LogP contribution is -2.14. The van der Waals surface area contributed by atoms with Crippen LogP contribution in [0.1, 0.15) is 31.0 Å². The maximum absolute atomic E-state index is 5.65. The van der Waals surface area contributed by atoms with Crippen molar-refractivity contribution in [3.8, 4) is 0 Å². The molecule has 11 heavy (non-hydrogen) atoms. The van der Waals surface area contributed by atoms with E-state index in [9.17, 15) is 0 Å². The fraction of sp³-hybridized carbons (Fsp3) is 0.444. The highest BCUT2D eigenvalue weighted by atomic mass is 14.7. The third-order valence-corrected chi connectivity index (χ3v) is 1.75. The molecule has 0 atom stereocenters. The Morgan fingerprint density at radius 3 is 2.45 bits per heavy atom. The third-order valence-electron chi connectivity index (χ3n) is 1.75. The third kappa shape index (κ3) is 1.82. The Balaban J connectivity index is 3.05. The zero-order valence-corrected chi connectivity index (χ0v) is 7.26. The number of aryl methyl sites for hydroxylation is 1. The van der Waals surface area contributed by atoms with Crippen molar-refractivity contribution in [1.29, 1.82) is 0 Å². The molecule has 2 radical (unpaired) electrons. The molecule has 2 heteroatoms. The number of pyridine rings is 1. The molecular weight excluding hydrogens is 133 g/mol. The molecule has 0 spiro atoms. The quantitative estimate of drug-likeness (QED) is 0.543. The Morgan fingerprint density at radius 1 is 1.36 bits per heavy atom. The van der Waals surface area contributed by atoms with Gasteiger partial charge in [0.15, 0.2) is 0 Å². The largest absolute Gasteiger partial charge is 0.269 e. The summed E-state index contributed by atoms with van der Waals surface area (Å²) in [7, 11) is 5.65. The summed E-state index contributed by atoms with van der Waals surface area (Å²) < 4.78 is 0. The first kappa shape index (κ1) is 8.31. The van der Waals surface area contributed by atoms with Gasteiger partial charge in [-0.3, -0.25) is 4.98 Å². The molecule has 1 heterocycles. The maximum Gasteiger partial charge on any atom is 0.142 e. The molecule has 0 aliphatic carbocycles. The molecule has 0 saturated heterocycles. The van der Waals surface area contributed by atoms with E-state index in [0.717, 1.165) is 11.3 Å². The van der Waals surface area contributed by atoms with Gasteiger partial charge >= 0.3 is 0 Å². The number of rotatable bonds is 1. The van der Waals surface area contributed by atoms with E-state index in [1.54, 1.807) is 0 Å². The fourth-order valence-corrected chi connectivity index (χ4v) is 0.882. The van der Waals surface area contributed by atoms with Gasteiger partial charge in [-0.15, -0.1) is 0 Å². The molecule has 0 N–H and O–H groups in total. The van der Waals surface area contributed by atoms with Gasteiger partial charge in [-0.25, -0.2) is 0 Å². The highest BCUT2D eigenvalue weighted by molar-refractivity contribution is 6.31. The molecule has 0 aromatic carbocycles. The maximum atomic E-state index is 5.65. The van der Waals surface area contributed by atoms with Crippen molar-refractivity contribution in [1.82, 2.24) is 4.98 Å². The van der Waals surface area contributed by atoms with Gasteiger partial charge in [0.2, 0.25) is 0 Å². The zero-order chi connectivity index (χ0) is 8.43. The van der Waals surface area contributed by atoms with E-state index in [1.165, 1.54) is 0 Å². The summed E-state index contributed by atoms with van der Waals surface area (Å²) in [6, 6.07) is 4.04. The van der Waals surface area contributed by atoms with Crippen molar-refractivity contribution in [2.24, 2.45) is 0 Å². The van der Waals surface area contributed by atoms with Gasteiger partial charge in [0, 0.05) is 5.69 Å². The van der Waals surface area contributed by atoms with Crippen LogP contribution in [-0.4, -0.2) is 12.8 Å². The van der Waals surface area contributed by atoms with Crippen molar-refractivity contribution in [2.75, 3.05) is 0 Å². The van der Waals surface area contributed by atoms with Crippen LogP contribution in [0.25, 0.3) is 0 Å². The Hall–Kier alpha value is -0.785. The molecule has 56 valence electrons. The van der Waals surface area contributed by atoms with Gasteiger partial charge < -0.3 is 0 Å². The second kappa shape index (κ2) is 3.08. The SMILES string of the molecule is [B]c1nc(C(C)C)ccc1C. The number of aromatic nitrogens is 1. The summed E-state index contributed by atoms with van der Waals surface area (Å²) in [5.41, 5.74) is 2.76.